The molecule has 2 N–H and O–H groups in total. The summed E-state index contributed by atoms with van der Waals surface area (Å²) in [5, 5.41) is 0. The number of hydrogen-bond donors (Lipinski definition) is 1. The maximum absolute atomic E-state index is 14.0. The molecule has 0 bridgehead atoms. The van der Waals surface area contributed by atoms with Gasteiger partial charge in [0.15, 0.2) is 5.82 Å². The molecule has 8 nitrogen and oxygen atoms in total. The molecule has 1 amide bonds. The van der Waals surface area contributed by atoms with Gasteiger partial charge in [0.2, 0.25) is 0 Å². The van der Waals surface area contributed by atoms with Gasteiger partial charge in [0, 0.05) is 17.7 Å². The lowest BCUT2D eigenvalue weighted by molar-refractivity contribution is 0.0980. The van der Waals surface area contributed by atoms with Crippen LogP contribution in [0.5, 0.6) is 0 Å². The summed E-state index contributed by atoms with van der Waals surface area (Å²) in [6.45, 7) is 6.71. The van der Waals surface area contributed by atoms with Gasteiger partial charge in [0.25, 0.3) is 0 Å². The number of anilines is 2. The van der Waals surface area contributed by atoms with Gasteiger partial charge in [0.1, 0.15) is 11.6 Å². The molecule has 1 fully saturated rings. The highest BCUT2D eigenvalue weighted by atomic mass is 19.1. The Bertz CT molecular complexity index is 939. The van der Waals surface area contributed by atoms with Crippen molar-refractivity contribution in [2.24, 2.45) is 0 Å². The monoisotopic (exact) mass is 401 g/mol. The second-order valence-corrected chi connectivity index (χ2v) is 7.20. The van der Waals surface area contributed by atoms with E-state index in [-0.39, 0.29) is 17.8 Å². The summed E-state index contributed by atoms with van der Waals surface area (Å²) in [6, 6.07) is 4.66. The van der Waals surface area contributed by atoms with Crippen molar-refractivity contribution in [1.82, 2.24) is 14.9 Å². The van der Waals surface area contributed by atoms with Crippen molar-refractivity contribution in [1.29, 1.82) is 0 Å². The number of hydrogen-bond acceptors (Lipinski definition) is 7. The summed E-state index contributed by atoms with van der Waals surface area (Å²) in [6.07, 6.45) is -0.383. The van der Waals surface area contributed by atoms with E-state index in [0.717, 1.165) is 17.1 Å². The van der Waals surface area contributed by atoms with Crippen molar-refractivity contribution in [3.63, 3.8) is 0 Å². The molecule has 0 unspecified atom stereocenters. The number of aromatic nitrogens is 2. The molecule has 3 heterocycles. The van der Waals surface area contributed by atoms with Crippen LogP contribution in [0.2, 0.25) is 0 Å². The van der Waals surface area contributed by atoms with E-state index in [1.165, 1.54) is 12.1 Å². The van der Waals surface area contributed by atoms with Crippen molar-refractivity contribution in [2.75, 3.05) is 37.0 Å². The van der Waals surface area contributed by atoms with Crippen LogP contribution in [-0.4, -0.2) is 53.4 Å². The van der Waals surface area contributed by atoms with Crippen molar-refractivity contribution in [3.8, 4) is 11.4 Å². The zero-order valence-corrected chi connectivity index (χ0v) is 16.5. The molecule has 0 spiro atoms. The first-order chi connectivity index (χ1) is 14.0. The van der Waals surface area contributed by atoms with Gasteiger partial charge in [-0.25, -0.2) is 19.2 Å². The lowest BCUT2D eigenvalue weighted by Gasteiger charge is -2.35. The quantitative estimate of drug-likeness (QED) is 0.790. The minimum Gasteiger partial charge on any atom is -0.450 e. The van der Waals surface area contributed by atoms with Crippen LogP contribution in [0.4, 0.5) is 20.7 Å². The SMILES string of the molecule is CCOC(=O)N1Cc2nc(-c3ccc(N)c(F)c3)nc(N3CCOC[C@@H]3C)c2C1. The maximum Gasteiger partial charge on any atom is 0.410 e. The molecule has 154 valence electrons. The average Bonchev–Trinajstić information content (AvgIpc) is 3.14. The molecule has 1 atom stereocenters. The van der Waals surface area contributed by atoms with Gasteiger partial charge in [-0.05, 0) is 32.0 Å². The fourth-order valence-electron chi connectivity index (χ4n) is 3.66. The van der Waals surface area contributed by atoms with E-state index in [1.54, 1.807) is 17.9 Å². The normalized spacial score (nSPS) is 18.7. The molecule has 29 heavy (non-hydrogen) atoms. The van der Waals surface area contributed by atoms with E-state index < -0.39 is 5.82 Å². The van der Waals surface area contributed by atoms with Crippen LogP contribution in [0.3, 0.4) is 0 Å². The topological polar surface area (TPSA) is 93.8 Å². The largest absolute Gasteiger partial charge is 0.450 e. The highest BCUT2D eigenvalue weighted by Gasteiger charge is 2.33. The third-order valence-electron chi connectivity index (χ3n) is 5.18. The lowest BCUT2D eigenvalue weighted by Crippen LogP contribution is -2.44. The number of amides is 1. The predicted octanol–water partition coefficient (Wildman–Crippen LogP) is 2.56. The molecule has 2 aliphatic heterocycles. The molecule has 0 aliphatic carbocycles. The second kappa shape index (κ2) is 7.82. The summed E-state index contributed by atoms with van der Waals surface area (Å²) < 4.78 is 24.7. The summed E-state index contributed by atoms with van der Waals surface area (Å²) >= 11 is 0. The minimum atomic E-state index is -0.513. The van der Waals surface area contributed by atoms with Gasteiger partial charge in [-0.15, -0.1) is 0 Å². The van der Waals surface area contributed by atoms with Crippen molar-refractivity contribution in [3.05, 3.63) is 35.3 Å². The number of ether oxygens (including phenoxy) is 2. The van der Waals surface area contributed by atoms with Gasteiger partial charge in [-0.1, -0.05) is 0 Å². The van der Waals surface area contributed by atoms with Crippen molar-refractivity contribution < 1.29 is 18.7 Å². The third kappa shape index (κ3) is 3.69. The summed E-state index contributed by atoms with van der Waals surface area (Å²) in [5.41, 5.74) is 7.86. The molecule has 9 heteroatoms. The highest BCUT2D eigenvalue weighted by molar-refractivity contribution is 5.71. The number of benzene rings is 1. The number of nitrogens with two attached hydrogens (primary N) is 1. The van der Waals surface area contributed by atoms with Crippen LogP contribution in [-0.2, 0) is 22.6 Å². The Labute approximate surface area is 168 Å². The first kappa shape index (κ1) is 19.4. The molecule has 1 saturated heterocycles. The summed E-state index contributed by atoms with van der Waals surface area (Å²) in [5.74, 6) is 0.646. The molecular weight excluding hydrogens is 377 g/mol. The Morgan fingerprint density at radius 3 is 2.93 bits per heavy atom. The van der Waals surface area contributed by atoms with Gasteiger partial charge >= 0.3 is 6.09 Å². The van der Waals surface area contributed by atoms with Crippen LogP contribution in [0, 0.1) is 5.82 Å². The number of halogens is 1. The Kier molecular flexibility index (Phi) is 5.23. The number of carbonyl (C=O) groups is 1. The molecule has 0 radical (unpaired) electrons. The van der Waals surface area contributed by atoms with Crippen LogP contribution < -0.4 is 10.6 Å². The molecular formula is C20H24FN5O3. The van der Waals surface area contributed by atoms with Crippen molar-refractivity contribution in [2.45, 2.75) is 33.0 Å². The maximum atomic E-state index is 14.0. The second-order valence-electron chi connectivity index (χ2n) is 7.20. The summed E-state index contributed by atoms with van der Waals surface area (Å²) in [7, 11) is 0. The number of rotatable bonds is 3. The zero-order chi connectivity index (χ0) is 20.5. The third-order valence-corrected chi connectivity index (χ3v) is 5.18. The van der Waals surface area contributed by atoms with Gasteiger partial charge < -0.3 is 20.1 Å². The number of nitrogens with zero attached hydrogens (tertiary/aromatic N) is 4. The Morgan fingerprint density at radius 2 is 2.21 bits per heavy atom. The van der Waals surface area contributed by atoms with Crippen LogP contribution >= 0.6 is 0 Å². The zero-order valence-electron chi connectivity index (χ0n) is 16.5. The molecule has 0 saturated carbocycles. The molecule has 1 aromatic heterocycles. The van der Waals surface area contributed by atoms with E-state index in [1.807, 2.05) is 0 Å². The highest BCUT2D eigenvalue weighted by Crippen LogP contribution is 2.34. The fraction of sp³-hybridized carbons (Fsp3) is 0.450. The number of fused-ring (bicyclic) bond motifs is 1. The van der Waals surface area contributed by atoms with Crippen LogP contribution in [0.1, 0.15) is 25.1 Å². The van der Waals surface area contributed by atoms with E-state index in [4.69, 9.17) is 20.2 Å². The smallest absolute Gasteiger partial charge is 0.410 e. The average molecular weight is 401 g/mol. The van der Waals surface area contributed by atoms with E-state index in [9.17, 15) is 9.18 Å². The Morgan fingerprint density at radius 1 is 1.38 bits per heavy atom. The lowest BCUT2D eigenvalue weighted by atomic mass is 10.1. The molecule has 4 rings (SSSR count). The fourth-order valence-corrected chi connectivity index (χ4v) is 3.66. The van der Waals surface area contributed by atoms with Crippen LogP contribution in [0.15, 0.2) is 18.2 Å². The summed E-state index contributed by atoms with van der Waals surface area (Å²) in [4.78, 5) is 25.4. The van der Waals surface area contributed by atoms with E-state index in [2.05, 4.69) is 16.8 Å². The first-order valence-electron chi connectivity index (χ1n) is 9.69. The number of carbonyl (C=O) groups excluding carboxylic acids is 1. The van der Waals surface area contributed by atoms with E-state index >= 15 is 0 Å². The van der Waals surface area contributed by atoms with Crippen molar-refractivity contribution >= 4 is 17.6 Å². The number of morpholine rings is 1. The Hall–Kier alpha value is -2.94. The minimum absolute atomic E-state index is 0.0745. The predicted molar refractivity (Wildman–Crippen MR) is 106 cm³/mol. The molecule has 2 aromatic rings. The Balaban J connectivity index is 1.78. The molecule has 1 aromatic carbocycles. The van der Waals surface area contributed by atoms with E-state index in [0.29, 0.717) is 50.8 Å². The van der Waals surface area contributed by atoms with Gasteiger partial charge in [0.05, 0.1) is 50.3 Å². The number of nitrogen functional groups attached to an aromatic ring is 1. The van der Waals surface area contributed by atoms with Crippen LogP contribution in [0.25, 0.3) is 11.4 Å². The van der Waals surface area contributed by atoms with Gasteiger partial charge in [-0.3, -0.25) is 4.90 Å². The standard InChI is InChI=1S/C20H24FN5O3/c1-3-29-20(27)25-9-14-17(10-25)23-18(13-4-5-16(22)15(21)8-13)24-19(14)26-6-7-28-11-12(26)2/h4-5,8,12H,3,6-7,9-11,22H2,1-2H3/t12-/m0/s1. The van der Waals surface area contributed by atoms with Gasteiger partial charge in [-0.2, -0.15) is 0 Å². The molecule has 2 aliphatic rings. The first-order valence-corrected chi connectivity index (χ1v) is 9.69.